The van der Waals surface area contributed by atoms with Crippen molar-refractivity contribution in [3.8, 4) is 6.07 Å². The molecule has 0 saturated carbocycles. The van der Waals surface area contributed by atoms with Gasteiger partial charge in [-0.1, -0.05) is 23.7 Å². The summed E-state index contributed by atoms with van der Waals surface area (Å²) in [5, 5.41) is 12.3. The minimum atomic E-state index is -0.266. The van der Waals surface area contributed by atoms with Crippen molar-refractivity contribution in [3.05, 3.63) is 59.1 Å². The van der Waals surface area contributed by atoms with Gasteiger partial charge in [0.25, 0.3) is 0 Å². The summed E-state index contributed by atoms with van der Waals surface area (Å²) in [4.78, 5) is 25.4. The van der Waals surface area contributed by atoms with E-state index >= 15 is 0 Å². The summed E-state index contributed by atoms with van der Waals surface area (Å²) in [6.07, 6.45) is 0.113. The molecular formula is C18H16ClN3O2. The fraction of sp³-hybridized carbons (Fsp3) is 0.167. The number of amides is 2. The fourth-order valence-electron chi connectivity index (χ4n) is 2.21. The lowest BCUT2D eigenvalue weighted by atomic mass is 10.2. The van der Waals surface area contributed by atoms with Crippen molar-refractivity contribution in [2.45, 2.75) is 13.3 Å². The molecule has 1 N–H and O–H groups in total. The molecular weight excluding hydrogens is 326 g/mol. The van der Waals surface area contributed by atoms with E-state index in [0.29, 0.717) is 22.0 Å². The lowest BCUT2D eigenvalue weighted by molar-refractivity contribution is -0.117. The first-order chi connectivity index (χ1) is 11.5. The standard InChI is InChI=1S/C18H16ClN3O2/c1-13(23)22(16-8-6-15(19)7-9-16)11-10-18(24)21-17-5-3-2-4-14(17)12-20/h2-9H,10-11H2,1H3,(H,21,24). The summed E-state index contributed by atoms with van der Waals surface area (Å²) in [5.74, 6) is -0.430. The number of nitrogens with zero attached hydrogens (tertiary/aromatic N) is 2. The summed E-state index contributed by atoms with van der Waals surface area (Å²) >= 11 is 5.85. The number of anilines is 2. The van der Waals surface area contributed by atoms with Gasteiger partial charge in [0, 0.05) is 30.6 Å². The van der Waals surface area contributed by atoms with Crippen molar-refractivity contribution in [3.63, 3.8) is 0 Å². The van der Waals surface area contributed by atoms with E-state index in [4.69, 9.17) is 16.9 Å². The quantitative estimate of drug-likeness (QED) is 0.903. The second kappa shape index (κ2) is 8.14. The van der Waals surface area contributed by atoms with Gasteiger partial charge in [0.1, 0.15) is 6.07 Å². The highest BCUT2D eigenvalue weighted by molar-refractivity contribution is 6.30. The summed E-state index contributed by atoms with van der Waals surface area (Å²) in [5.41, 5.74) is 1.54. The lowest BCUT2D eigenvalue weighted by Crippen LogP contribution is -2.31. The third-order valence-electron chi connectivity index (χ3n) is 3.40. The maximum atomic E-state index is 12.1. The Labute approximate surface area is 145 Å². The molecule has 0 aromatic heterocycles. The van der Waals surface area contributed by atoms with Crippen molar-refractivity contribution >= 4 is 34.8 Å². The third kappa shape index (κ3) is 4.58. The zero-order chi connectivity index (χ0) is 17.5. The molecule has 2 amide bonds. The first kappa shape index (κ1) is 17.5. The topological polar surface area (TPSA) is 73.2 Å². The zero-order valence-corrected chi connectivity index (χ0v) is 13.9. The van der Waals surface area contributed by atoms with E-state index in [9.17, 15) is 9.59 Å². The van der Waals surface area contributed by atoms with E-state index in [2.05, 4.69) is 5.32 Å². The molecule has 2 aromatic rings. The van der Waals surface area contributed by atoms with Crippen LogP contribution in [0.25, 0.3) is 0 Å². The fourth-order valence-corrected chi connectivity index (χ4v) is 2.33. The molecule has 0 saturated heterocycles. The largest absolute Gasteiger partial charge is 0.325 e. The molecule has 24 heavy (non-hydrogen) atoms. The number of halogens is 1. The smallest absolute Gasteiger partial charge is 0.226 e. The number of para-hydroxylation sites is 1. The Kier molecular flexibility index (Phi) is 5.94. The Morgan fingerprint density at radius 3 is 2.46 bits per heavy atom. The number of nitrogens with one attached hydrogen (secondary N) is 1. The monoisotopic (exact) mass is 341 g/mol. The van der Waals surface area contributed by atoms with Crippen molar-refractivity contribution < 1.29 is 9.59 Å². The Bertz CT molecular complexity index is 782. The van der Waals surface area contributed by atoms with Crippen molar-refractivity contribution in [2.24, 2.45) is 0 Å². The molecule has 0 heterocycles. The Morgan fingerprint density at radius 2 is 1.83 bits per heavy atom. The Morgan fingerprint density at radius 1 is 1.17 bits per heavy atom. The molecule has 0 aliphatic rings. The van der Waals surface area contributed by atoms with Crippen LogP contribution in [0.5, 0.6) is 0 Å². The molecule has 0 fully saturated rings. The van der Waals surface area contributed by atoms with E-state index in [1.54, 1.807) is 48.5 Å². The highest BCUT2D eigenvalue weighted by Gasteiger charge is 2.14. The molecule has 0 bridgehead atoms. The first-order valence-corrected chi connectivity index (χ1v) is 7.71. The predicted molar refractivity (Wildman–Crippen MR) is 93.9 cm³/mol. The maximum absolute atomic E-state index is 12.1. The second-order valence-corrected chi connectivity index (χ2v) is 5.54. The van der Waals surface area contributed by atoms with Gasteiger partial charge in [-0.05, 0) is 36.4 Å². The normalized spacial score (nSPS) is 9.88. The highest BCUT2D eigenvalue weighted by Crippen LogP contribution is 2.19. The van der Waals surface area contributed by atoms with Gasteiger partial charge in [-0.3, -0.25) is 9.59 Å². The van der Waals surface area contributed by atoms with Crippen LogP contribution in [-0.4, -0.2) is 18.4 Å². The molecule has 0 spiro atoms. The zero-order valence-electron chi connectivity index (χ0n) is 13.1. The molecule has 0 atom stereocenters. The minimum absolute atomic E-state index is 0.113. The number of nitriles is 1. The van der Waals surface area contributed by atoms with Crippen LogP contribution in [0.4, 0.5) is 11.4 Å². The van der Waals surface area contributed by atoms with E-state index in [0.717, 1.165) is 0 Å². The summed E-state index contributed by atoms with van der Waals surface area (Å²) < 4.78 is 0. The predicted octanol–water partition coefficient (Wildman–Crippen LogP) is 3.59. The average Bonchev–Trinajstić information content (AvgIpc) is 2.57. The van der Waals surface area contributed by atoms with Crippen molar-refractivity contribution in [1.82, 2.24) is 0 Å². The highest BCUT2D eigenvalue weighted by atomic mass is 35.5. The number of benzene rings is 2. The van der Waals surface area contributed by atoms with Crippen LogP contribution in [0.3, 0.4) is 0 Å². The number of hydrogen-bond acceptors (Lipinski definition) is 3. The van der Waals surface area contributed by atoms with Gasteiger partial charge in [-0.2, -0.15) is 5.26 Å². The van der Waals surface area contributed by atoms with E-state index in [-0.39, 0.29) is 24.8 Å². The first-order valence-electron chi connectivity index (χ1n) is 7.34. The lowest BCUT2D eigenvalue weighted by Gasteiger charge is -2.21. The van der Waals surface area contributed by atoms with Crippen LogP contribution in [0.2, 0.25) is 5.02 Å². The molecule has 0 aliphatic carbocycles. The number of carbonyl (C=O) groups excluding carboxylic acids is 2. The van der Waals surface area contributed by atoms with Crippen LogP contribution in [0.15, 0.2) is 48.5 Å². The van der Waals surface area contributed by atoms with Gasteiger partial charge in [-0.15, -0.1) is 0 Å². The second-order valence-electron chi connectivity index (χ2n) is 5.10. The molecule has 5 nitrogen and oxygen atoms in total. The summed E-state index contributed by atoms with van der Waals surface area (Å²) in [6, 6.07) is 15.6. The molecule has 0 aliphatic heterocycles. The average molecular weight is 342 g/mol. The van der Waals surface area contributed by atoms with Gasteiger partial charge in [0.15, 0.2) is 0 Å². The minimum Gasteiger partial charge on any atom is -0.325 e. The molecule has 2 aromatic carbocycles. The van der Waals surface area contributed by atoms with Crippen LogP contribution in [-0.2, 0) is 9.59 Å². The van der Waals surface area contributed by atoms with Crippen LogP contribution in [0, 0.1) is 11.3 Å². The van der Waals surface area contributed by atoms with Gasteiger partial charge in [0.05, 0.1) is 11.3 Å². The number of carbonyl (C=O) groups is 2. The molecule has 0 radical (unpaired) electrons. The maximum Gasteiger partial charge on any atom is 0.226 e. The van der Waals surface area contributed by atoms with Crippen LogP contribution in [0.1, 0.15) is 18.9 Å². The Balaban J connectivity index is 2.02. The van der Waals surface area contributed by atoms with Gasteiger partial charge >= 0.3 is 0 Å². The number of rotatable bonds is 5. The molecule has 0 unspecified atom stereocenters. The van der Waals surface area contributed by atoms with Crippen LogP contribution < -0.4 is 10.2 Å². The summed E-state index contributed by atoms with van der Waals surface area (Å²) in [7, 11) is 0. The van der Waals surface area contributed by atoms with E-state index in [1.807, 2.05) is 6.07 Å². The summed E-state index contributed by atoms with van der Waals surface area (Å²) in [6.45, 7) is 1.68. The molecule has 6 heteroatoms. The van der Waals surface area contributed by atoms with E-state index in [1.165, 1.54) is 11.8 Å². The van der Waals surface area contributed by atoms with Crippen LogP contribution >= 0.6 is 11.6 Å². The SMILES string of the molecule is CC(=O)N(CCC(=O)Nc1ccccc1C#N)c1ccc(Cl)cc1. The third-order valence-corrected chi connectivity index (χ3v) is 3.65. The number of hydrogen-bond donors (Lipinski definition) is 1. The van der Waals surface area contributed by atoms with Crippen molar-refractivity contribution in [1.29, 1.82) is 5.26 Å². The van der Waals surface area contributed by atoms with Crippen molar-refractivity contribution in [2.75, 3.05) is 16.8 Å². The van der Waals surface area contributed by atoms with Gasteiger partial charge < -0.3 is 10.2 Å². The molecule has 2 rings (SSSR count). The molecule has 122 valence electrons. The Hall–Kier alpha value is -2.84. The van der Waals surface area contributed by atoms with E-state index < -0.39 is 0 Å². The van der Waals surface area contributed by atoms with Gasteiger partial charge in [-0.25, -0.2) is 0 Å². The van der Waals surface area contributed by atoms with Gasteiger partial charge in [0.2, 0.25) is 11.8 Å².